The lowest BCUT2D eigenvalue weighted by Gasteiger charge is -2.07. The minimum Gasteiger partial charge on any atom is -0.478 e. The van der Waals surface area contributed by atoms with Gasteiger partial charge in [0.15, 0.2) is 0 Å². The number of carbonyl (C=O) groups excluding carboxylic acids is 1. The van der Waals surface area contributed by atoms with Crippen LogP contribution in [-0.4, -0.2) is 21.9 Å². The van der Waals surface area contributed by atoms with Gasteiger partial charge in [-0.25, -0.2) is 4.79 Å². The van der Waals surface area contributed by atoms with Crippen LogP contribution in [-0.2, 0) is 4.79 Å². The molecule has 1 aromatic rings. The number of carboxylic acid groups (broad SMARTS) is 1. The van der Waals surface area contributed by atoms with Crippen molar-refractivity contribution >= 4 is 23.3 Å². The monoisotopic (exact) mass is 252 g/mol. The molecule has 0 atom stereocenters. The minimum atomic E-state index is -1.25. The highest BCUT2D eigenvalue weighted by Crippen LogP contribution is 2.23. The first-order chi connectivity index (χ1) is 8.45. The van der Waals surface area contributed by atoms with Crippen molar-refractivity contribution in [2.75, 3.05) is 5.32 Å². The number of nitro benzene ring substituents is 1. The van der Waals surface area contributed by atoms with E-state index in [2.05, 4.69) is 5.32 Å². The van der Waals surface area contributed by atoms with Crippen LogP contribution in [0.4, 0.5) is 11.4 Å². The Labute approximate surface area is 103 Å². The highest BCUT2D eigenvalue weighted by atomic mass is 16.6. The molecule has 0 radical (unpaired) electrons. The lowest BCUT2D eigenvalue weighted by atomic mass is 10.1. The number of nitrogens with zero attached hydrogens (tertiary/aromatic N) is 1. The number of nitro groups is 1. The van der Waals surface area contributed by atoms with Gasteiger partial charge in [0.05, 0.1) is 16.2 Å². The van der Waals surface area contributed by atoms with Crippen LogP contribution in [0, 0.1) is 10.1 Å². The molecule has 0 fully saturated rings. The van der Waals surface area contributed by atoms with Crippen molar-refractivity contribution in [3.05, 3.63) is 33.9 Å². The molecule has 0 saturated heterocycles. The van der Waals surface area contributed by atoms with Gasteiger partial charge in [-0.2, -0.15) is 0 Å². The number of nitrogens with one attached hydrogen (secondary N) is 1. The summed E-state index contributed by atoms with van der Waals surface area (Å²) in [5.74, 6) is -1.63. The number of rotatable bonds is 5. The van der Waals surface area contributed by atoms with Crippen LogP contribution >= 0.6 is 0 Å². The average Bonchev–Trinajstić information content (AvgIpc) is 2.28. The molecule has 0 aromatic heterocycles. The van der Waals surface area contributed by atoms with Gasteiger partial charge in [0.1, 0.15) is 0 Å². The molecule has 0 aliphatic rings. The second-order valence-corrected chi connectivity index (χ2v) is 3.59. The van der Waals surface area contributed by atoms with Gasteiger partial charge in [0.25, 0.3) is 5.69 Å². The molecular formula is C11H12N2O5. The van der Waals surface area contributed by atoms with Gasteiger partial charge < -0.3 is 10.4 Å². The Morgan fingerprint density at radius 2 is 2.11 bits per heavy atom. The summed E-state index contributed by atoms with van der Waals surface area (Å²) in [5, 5.41) is 21.9. The van der Waals surface area contributed by atoms with Crippen molar-refractivity contribution in [3.63, 3.8) is 0 Å². The Bertz CT molecular complexity index is 498. The van der Waals surface area contributed by atoms with Gasteiger partial charge in [-0.05, 0) is 12.5 Å². The van der Waals surface area contributed by atoms with E-state index < -0.39 is 10.9 Å². The molecule has 1 aromatic carbocycles. The molecule has 0 heterocycles. The van der Waals surface area contributed by atoms with Gasteiger partial charge in [-0.15, -0.1) is 0 Å². The van der Waals surface area contributed by atoms with E-state index in [1.165, 1.54) is 0 Å². The zero-order valence-corrected chi connectivity index (χ0v) is 9.67. The maximum Gasteiger partial charge on any atom is 0.337 e. The molecule has 2 N–H and O–H groups in total. The number of hydrogen-bond acceptors (Lipinski definition) is 4. The quantitative estimate of drug-likeness (QED) is 0.615. The SMILES string of the molecule is CCCC(=O)Nc1cc([N+](=O)[O-])ccc1C(=O)O. The van der Waals surface area contributed by atoms with E-state index in [-0.39, 0.29) is 29.3 Å². The van der Waals surface area contributed by atoms with Crippen molar-refractivity contribution in [2.24, 2.45) is 0 Å². The Hall–Kier alpha value is -2.44. The zero-order valence-electron chi connectivity index (χ0n) is 9.67. The Morgan fingerprint density at radius 3 is 2.61 bits per heavy atom. The largest absolute Gasteiger partial charge is 0.478 e. The van der Waals surface area contributed by atoms with Gasteiger partial charge in [0, 0.05) is 18.6 Å². The summed E-state index contributed by atoms with van der Waals surface area (Å²) in [5.41, 5.74) is -0.507. The van der Waals surface area contributed by atoms with Gasteiger partial charge in [-0.1, -0.05) is 6.92 Å². The number of anilines is 1. The molecule has 0 bridgehead atoms. The molecule has 0 aliphatic heterocycles. The van der Waals surface area contributed by atoms with E-state index in [0.29, 0.717) is 6.42 Å². The van der Waals surface area contributed by atoms with E-state index in [1.807, 2.05) is 0 Å². The zero-order chi connectivity index (χ0) is 13.7. The summed E-state index contributed by atoms with van der Waals surface area (Å²) >= 11 is 0. The van der Waals surface area contributed by atoms with Crippen LogP contribution in [0.2, 0.25) is 0 Å². The molecule has 0 saturated carbocycles. The smallest absolute Gasteiger partial charge is 0.337 e. The first-order valence-corrected chi connectivity index (χ1v) is 5.27. The standard InChI is InChI=1S/C11H12N2O5/c1-2-3-10(14)12-9-6-7(13(17)18)4-5-8(9)11(15)16/h4-6H,2-3H2,1H3,(H,12,14)(H,15,16). The molecule has 7 heteroatoms. The fourth-order valence-corrected chi connectivity index (χ4v) is 1.38. The Kier molecular flexibility index (Phi) is 4.36. The number of benzene rings is 1. The number of hydrogen-bond donors (Lipinski definition) is 2. The first kappa shape index (κ1) is 13.6. The normalized spacial score (nSPS) is 9.83. The minimum absolute atomic E-state index is 0.0600. The van der Waals surface area contributed by atoms with Gasteiger partial charge in [0.2, 0.25) is 5.91 Å². The van der Waals surface area contributed by atoms with Crippen molar-refractivity contribution in [1.82, 2.24) is 0 Å². The summed E-state index contributed by atoms with van der Waals surface area (Å²) in [6.07, 6.45) is 0.824. The molecule has 0 unspecified atom stereocenters. The Morgan fingerprint density at radius 1 is 1.44 bits per heavy atom. The van der Waals surface area contributed by atoms with Crippen molar-refractivity contribution in [2.45, 2.75) is 19.8 Å². The van der Waals surface area contributed by atoms with Crippen LogP contribution in [0.25, 0.3) is 0 Å². The van der Waals surface area contributed by atoms with Crippen LogP contribution in [0.1, 0.15) is 30.1 Å². The summed E-state index contributed by atoms with van der Waals surface area (Å²) < 4.78 is 0. The topological polar surface area (TPSA) is 110 Å². The third kappa shape index (κ3) is 3.27. The van der Waals surface area contributed by atoms with E-state index >= 15 is 0 Å². The maximum atomic E-state index is 11.4. The number of carboxylic acids is 1. The fourth-order valence-electron chi connectivity index (χ4n) is 1.38. The lowest BCUT2D eigenvalue weighted by molar-refractivity contribution is -0.384. The number of non-ortho nitro benzene ring substituents is 1. The maximum absolute atomic E-state index is 11.4. The third-order valence-electron chi connectivity index (χ3n) is 2.20. The highest BCUT2D eigenvalue weighted by molar-refractivity contribution is 6.01. The van der Waals surface area contributed by atoms with E-state index in [0.717, 1.165) is 18.2 Å². The third-order valence-corrected chi connectivity index (χ3v) is 2.20. The molecular weight excluding hydrogens is 240 g/mol. The number of carbonyl (C=O) groups is 2. The second-order valence-electron chi connectivity index (χ2n) is 3.59. The number of aromatic carboxylic acids is 1. The van der Waals surface area contributed by atoms with Crippen molar-refractivity contribution < 1.29 is 19.6 Å². The molecule has 7 nitrogen and oxygen atoms in total. The summed E-state index contributed by atoms with van der Waals surface area (Å²) in [6.45, 7) is 1.80. The molecule has 0 aliphatic carbocycles. The van der Waals surface area contributed by atoms with Gasteiger partial charge >= 0.3 is 5.97 Å². The van der Waals surface area contributed by atoms with E-state index in [1.54, 1.807) is 6.92 Å². The molecule has 0 spiro atoms. The summed E-state index contributed by atoms with van der Waals surface area (Å²) in [6, 6.07) is 3.22. The van der Waals surface area contributed by atoms with Crippen molar-refractivity contribution in [3.8, 4) is 0 Å². The van der Waals surface area contributed by atoms with Crippen LogP contribution in [0.3, 0.4) is 0 Å². The molecule has 1 rings (SSSR count). The first-order valence-electron chi connectivity index (χ1n) is 5.27. The van der Waals surface area contributed by atoms with E-state index in [9.17, 15) is 19.7 Å². The fraction of sp³-hybridized carbons (Fsp3) is 0.273. The van der Waals surface area contributed by atoms with Crippen LogP contribution < -0.4 is 5.32 Å². The molecule has 96 valence electrons. The highest BCUT2D eigenvalue weighted by Gasteiger charge is 2.16. The van der Waals surface area contributed by atoms with Gasteiger partial charge in [-0.3, -0.25) is 14.9 Å². The van der Waals surface area contributed by atoms with E-state index in [4.69, 9.17) is 5.11 Å². The predicted molar refractivity (Wildman–Crippen MR) is 63.6 cm³/mol. The number of amides is 1. The second kappa shape index (κ2) is 5.76. The summed E-state index contributed by atoms with van der Waals surface area (Å²) in [4.78, 5) is 32.3. The average molecular weight is 252 g/mol. The van der Waals surface area contributed by atoms with Crippen LogP contribution in [0.5, 0.6) is 0 Å². The Balaban J connectivity index is 3.11. The predicted octanol–water partition coefficient (Wildman–Crippen LogP) is 2.03. The van der Waals surface area contributed by atoms with Crippen molar-refractivity contribution in [1.29, 1.82) is 0 Å². The lowest BCUT2D eigenvalue weighted by Crippen LogP contribution is -2.14. The molecule has 18 heavy (non-hydrogen) atoms. The molecule has 1 amide bonds. The van der Waals surface area contributed by atoms with Crippen LogP contribution in [0.15, 0.2) is 18.2 Å². The summed E-state index contributed by atoms with van der Waals surface area (Å²) in [7, 11) is 0.